The van der Waals surface area contributed by atoms with Crippen LogP contribution in [0.3, 0.4) is 0 Å². The van der Waals surface area contributed by atoms with E-state index in [4.69, 9.17) is 4.98 Å². The summed E-state index contributed by atoms with van der Waals surface area (Å²) < 4.78 is 4.73. The zero-order chi connectivity index (χ0) is 21.3. The highest BCUT2D eigenvalue weighted by Crippen LogP contribution is 2.14. The van der Waals surface area contributed by atoms with Crippen molar-refractivity contribution >= 4 is 16.9 Å². The molecule has 160 valence electrons. The lowest BCUT2D eigenvalue weighted by Crippen LogP contribution is -3.13. The van der Waals surface area contributed by atoms with Gasteiger partial charge in [-0.15, -0.1) is 0 Å². The van der Waals surface area contributed by atoms with Crippen molar-refractivity contribution in [3.63, 3.8) is 0 Å². The van der Waals surface area contributed by atoms with Gasteiger partial charge in [-0.2, -0.15) is 0 Å². The van der Waals surface area contributed by atoms with E-state index >= 15 is 0 Å². The molecule has 30 heavy (non-hydrogen) atoms. The molecule has 2 aromatic heterocycles. The second kappa shape index (κ2) is 8.47. The molecule has 4 rings (SSSR count). The Balaban J connectivity index is 1.61. The maximum Gasteiger partial charge on any atom is 0.332 e. The number of nitrogens with one attached hydrogen (secondary N) is 1. The highest BCUT2D eigenvalue weighted by atomic mass is 16.2. The van der Waals surface area contributed by atoms with E-state index in [1.807, 2.05) is 6.07 Å². The predicted octanol–water partition coefficient (Wildman–Crippen LogP) is 0.139. The van der Waals surface area contributed by atoms with E-state index in [2.05, 4.69) is 40.7 Å². The third-order valence-electron chi connectivity index (χ3n) is 6.16. The van der Waals surface area contributed by atoms with E-state index < -0.39 is 0 Å². The summed E-state index contributed by atoms with van der Waals surface area (Å²) >= 11 is 0. The number of fused-ring (bicyclic) bond motifs is 1. The number of nitrogens with zero attached hydrogens (tertiary/aromatic N) is 5. The Bertz CT molecular complexity index is 1140. The Morgan fingerprint density at radius 3 is 2.40 bits per heavy atom. The van der Waals surface area contributed by atoms with E-state index in [0.717, 1.165) is 57.9 Å². The highest BCUT2D eigenvalue weighted by molar-refractivity contribution is 5.71. The third kappa shape index (κ3) is 3.67. The Labute approximate surface area is 176 Å². The van der Waals surface area contributed by atoms with Gasteiger partial charge in [0.15, 0.2) is 17.0 Å². The van der Waals surface area contributed by atoms with Crippen LogP contribution in [-0.2, 0) is 27.2 Å². The fraction of sp³-hybridized carbons (Fsp3) is 0.500. The van der Waals surface area contributed by atoms with Crippen LogP contribution in [0.5, 0.6) is 0 Å². The van der Waals surface area contributed by atoms with E-state index in [0.29, 0.717) is 11.2 Å². The second-order valence-corrected chi connectivity index (χ2v) is 8.16. The summed E-state index contributed by atoms with van der Waals surface area (Å²) in [5.41, 5.74) is 1.72. The van der Waals surface area contributed by atoms with Crippen molar-refractivity contribution in [2.45, 2.75) is 32.9 Å². The molecule has 0 radical (unpaired) electrons. The smallest absolute Gasteiger partial charge is 0.332 e. The first kappa shape index (κ1) is 20.4. The number of piperazine rings is 1. The van der Waals surface area contributed by atoms with Gasteiger partial charge in [0.05, 0.1) is 26.2 Å². The minimum atomic E-state index is -0.331. The van der Waals surface area contributed by atoms with Crippen LogP contribution in [0.1, 0.15) is 25.6 Å². The lowest BCUT2D eigenvalue weighted by molar-refractivity contribution is -0.915. The topological polar surface area (TPSA) is 69.5 Å². The molecule has 1 fully saturated rings. The number of aromatic nitrogens is 4. The number of anilines is 1. The summed E-state index contributed by atoms with van der Waals surface area (Å²) in [7, 11) is 3.23. The summed E-state index contributed by atoms with van der Waals surface area (Å²) in [4.78, 5) is 33.9. The van der Waals surface area contributed by atoms with Gasteiger partial charge in [0.2, 0.25) is 0 Å². The van der Waals surface area contributed by atoms with Crippen LogP contribution in [0.15, 0.2) is 39.9 Å². The fourth-order valence-corrected chi connectivity index (χ4v) is 4.30. The fourth-order valence-electron chi connectivity index (χ4n) is 4.30. The van der Waals surface area contributed by atoms with Gasteiger partial charge in [0.25, 0.3) is 5.56 Å². The van der Waals surface area contributed by atoms with Crippen molar-refractivity contribution in [1.82, 2.24) is 18.7 Å². The summed E-state index contributed by atoms with van der Waals surface area (Å²) in [5.74, 6) is 0.903. The molecule has 0 atom stereocenters. The van der Waals surface area contributed by atoms with Gasteiger partial charge in [-0.1, -0.05) is 31.5 Å². The molecule has 1 aliphatic rings. The molecule has 0 aliphatic carbocycles. The maximum atomic E-state index is 12.9. The number of quaternary nitrogens is 1. The van der Waals surface area contributed by atoms with E-state index in [9.17, 15) is 9.59 Å². The Hall–Kier alpha value is -2.87. The number of para-hydroxylation sites is 1. The standard InChI is InChI=1S/C22H30N6O2/c1-4-5-11-28-18(23-20-19(28)21(29)25(3)22(30)24(20)2)16-26-12-14-27(15-13-26)17-9-7-6-8-10-17/h6-10H,4-5,11-16H2,1-3H3/p+1. The molecule has 8 nitrogen and oxygen atoms in total. The van der Waals surface area contributed by atoms with Crippen molar-refractivity contribution in [3.8, 4) is 0 Å². The zero-order valence-corrected chi connectivity index (χ0v) is 18.1. The number of aryl methyl sites for hydroxylation is 2. The predicted molar refractivity (Wildman–Crippen MR) is 118 cm³/mol. The molecule has 8 heteroatoms. The van der Waals surface area contributed by atoms with Gasteiger partial charge in [0, 0.05) is 26.3 Å². The number of hydrogen-bond donors (Lipinski definition) is 1. The summed E-state index contributed by atoms with van der Waals surface area (Å²) in [6, 6.07) is 10.5. The van der Waals surface area contributed by atoms with Crippen LogP contribution >= 0.6 is 0 Å². The number of unbranched alkanes of at least 4 members (excludes halogenated alkanes) is 1. The summed E-state index contributed by atoms with van der Waals surface area (Å²) in [6.45, 7) is 7.67. The van der Waals surface area contributed by atoms with Crippen LogP contribution in [0.4, 0.5) is 5.69 Å². The van der Waals surface area contributed by atoms with Crippen molar-refractivity contribution < 1.29 is 4.90 Å². The average Bonchev–Trinajstić information content (AvgIpc) is 3.14. The average molecular weight is 412 g/mol. The zero-order valence-electron chi connectivity index (χ0n) is 18.1. The molecule has 1 saturated heterocycles. The third-order valence-corrected chi connectivity index (χ3v) is 6.16. The molecule has 1 aromatic carbocycles. The molecule has 3 heterocycles. The maximum absolute atomic E-state index is 12.9. The van der Waals surface area contributed by atoms with Crippen LogP contribution in [-0.4, -0.2) is 44.9 Å². The summed E-state index contributed by atoms with van der Waals surface area (Å²) in [6.07, 6.45) is 2.01. The Morgan fingerprint density at radius 2 is 1.73 bits per heavy atom. The van der Waals surface area contributed by atoms with Crippen LogP contribution in [0.25, 0.3) is 11.2 Å². The molecule has 1 aliphatic heterocycles. The minimum absolute atomic E-state index is 0.258. The monoisotopic (exact) mass is 411 g/mol. The van der Waals surface area contributed by atoms with E-state index in [-0.39, 0.29) is 11.2 Å². The van der Waals surface area contributed by atoms with E-state index in [1.165, 1.54) is 26.8 Å². The van der Waals surface area contributed by atoms with Crippen molar-refractivity contribution in [2.75, 3.05) is 31.1 Å². The molecule has 3 aromatic rings. The molecular weight excluding hydrogens is 380 g/mol. The molecular formula is C22H31N6O2+. The molecule has 0 bridgehead atoms. The minimum Gasteiger partial charge on any atom is -0.360 e. The molecule has 0 unspecified atom stereocenters. The van der Waals surface area contributed by atoms with Crippen molar-refractivity contribution in [2.24, 2.45) is 14.1 Å². The number of hydrogen-bond acceptors (Lipinski definition) is 4. The van der Waals surface area contributed by atoms with Gasteiger partial charge in [-0.05, 0) is 18.6 Å². The van der Waals surface area contributed by atoms with Gasteiger partial charge in [-0.3, -0.25) is 13.9 Å². The Morgan fingerprint density at radius 1 is 1.03 bits per heavy atom. The van der Waals surface area contributed by atoms with Crippen molar-refractivity contribution in [3.05, 3.63) is 57.0 Å². The lowest BCUT2D eigenvalue weighted by atomic mass is 10.2. The molecule has 0 spiro atoms. The summed E-state index contributed by atoms with van der Waals surface area (Å²) in [5, 5.41) is 0. The van der Waals surface area contributed by atoms with Crippen molar-refractivity contribution in [1.29, 1.82) is 0 Å². The van der Waals surface area contributed by atoms with Crippen LogP contribution < -0.4 is 21.0 Å². The quantitative estimate of drug-likeness (QED) is 0.627. The lowest BCUT2D eigenvalue weighted by Gasteiger charge is -2.33. The van der Waals surface area contributed by atoms with Gasteiger partial charge in [-0.25, -0.2) is 9.78 Å². The number of rotatable bonds is 6. The van der Waals surface area contributed by atoms with Gasteiger partial charge >= 0.3 is 5.69 Å². The first-order valence-corrected chi connectivity index (χ1v) is 10.8. The first-order chi connectivity index (χ1) is 14.5. The highest BCUT2D eigenvalue weighted by Gasteiger charge is 2.25. The van der Waals surface area contributed by atoms with Crippen LogP contribution in [0.2, 0.25) is 0 Å². The van der Waals surface area contributed by atoms with E-state index in [1.54, 1.807) is 7.05 Å². The molecule has 0 amide bonds. The SMILES string of the molecule is CCCCn1c(C[NH+]2CCN(c3ccccc3)CC2)nc2c1c(=O)n(C)c(=O)n2C. The first-order valence-electron chi connectivity index (χ1n) is 10.8. The Kier molecular flexibility index (Phi) is 5.76. The second-order valence-electron chi connectivity index (χ2n) is 8.16. The van der Waals surface area contributed by atoms with Crippen LogP contribution in [0, 0.1) is 0 Å². The molecule has 0 saturated carbocycles. The number of imidazole rings is 1. The number of benzene rings is 1. The van der Waals surface area contributed by atoms with Gasteiger partial charge < -0.3 is 14.4 Å². The normalized spacial score (nSPS) is 15.2. The molecule has 1 N–H and O–H groups in total. The van der Waals surface area contributed by atoms with Gasteiger partial charge in [0.1, 0.15) is 6.54 Å². The largest absolute Gasteiger partial charge is 0.360 e.